The van der Waals surface area contributed by atoms with Crippen LogP contribution in [0, 0.1) is 5.82 Å². The predicted octanol–water partition coefficient (Wildman–Crippen LogP) is 5.41. The normalized spacial score (nSPS) is 16.6. The van der Waals surface area contributed by atoms with Crippen LogP contribution < -0.4 is 15.0 Å². The number of hydrogen-bond acceptors (Lipinski definition) is 5. The maximum atomic E-state index is 13.4. The lowest BCUT2D eigenvalue weighted by atomic mass is 10.1. The van der Waals surface area contributed by atoms with E-state index in [1.807, 2.05) is 36.9 Å². The summed E-state index contributed by atoms with van der Waals surface area (Å²) in [6.07, 6.45) is 1.54. The van der Waals surface area contributed by atoms with Gasteiger partial charge in [-0.15, -0.1) is 0 Å². The molecule has 10 heteroatoms. The van der Waals surface area contributed by atoms with E-state index in [1.165, 1.54) is 18.5 Å². The Morgan fingerprint density at radius 2 is 1.97 bits per heavy atom. The van der Waals surface area contributed by atoms with Crippen LogP contribution in [0.25, 0.3) is 22.3 Å². The molecule has 0 spiro atoms. The number of piperazine rings is 1. The number of rotatable bonds is 5. The Morgan fingerprint density at radius 1 is 1.19 bits per heavy atom. The smallest absolute Gasteiger partial charge is 0.318 e. The van der Waals surface area contributed by atoms with E-state index in [2.05, 4.69) is 25.2 Å². The lowest BCUT2D eigenvalue weighted by Gasteiger charge is -2.40. The first kappa shape index (κ1) is 24.8. The van der Waals surface area contributed by atoms with E-state index in [9.17, 15) is 9.18 Å². The molecule has 2 atom stereocenters. The average Bonchev–Trinajstić information content (AvgIpc) is 3.33. The van der Waals surface area contributed by atoms with Crippen molar-refractivity contribution in [1.29, 1.82) is 0 Å². The molecule has 1 unspecified atom stereocenters. The lowest BCUT2D eigenvalue weighted by Crippen LogP contribution is -2.57. The predicted molar refractivity (Wildman–Crippen MR) is 143 cm³/mol. The van der Waals surface area contributed by atoms with E-state index in [-0.39, 0.29) is 23.9 Å². The molecule has 4 aromatic rings. The van der Waals surface area contributed by atoms with E-state index < -0.39 is 0 Å². The van der Waals surface area contributed by atoms with Gasteiger partial charge in [0.1, 0.15) is 29.4 Å². The van der Waals surface area contributed by atoms with E-state index in [4.69, 9.17) is 16.3 Å². The molecule has 0 bridgehead atoms. The van der Waals surface area contributed by atoms with Crippen molar-refractivity contribution in [1.82, 2.24) is 25.2 Å². The summed E-state index contributed by atoms with van der Waals surface area (Å²) in [7, 11) is 1.57. The maximum Gasteiger partial charge on any atom is 0.318 e. The molecular weight excluding hydrogens is 495 g/mol. The largest absolute Gasteiger partial charge is 0.495 e. The van der Waals surface area contributed by atoms with Crippen LogP contribution in [0.2, 0.25) is 5.02 Å². The number of carbonyl (C=O) groups excluding carboxylic acids is 1. The number of nitrogens with one attached hydrogen (secondary N) is 2. The molecule has 192 valence electrons. The monoisotopic (exact) mass is 522 g/mol. The molecule has 2 N–H and O–H groups in total. The van der Waals surface area contributed by atoms with E-state index >= 15 is 0 Å². The molecular formula is C27H28ClFN6O2. The molecule has 2 aromatic heterocycles. The Bertz CT molecular complexity index is 1430. The highest BCUT2D eigenvalue weighted by Gasteiger charge is 2.30. The number of anilines is 1. The highest BCUT2D eigenvalue weighted by atomic mass is 35.5. The van der Waals surface area contributed by atoms with Gasteiger partial charge in [-0.3, -0.25) is 0 Å². The summed E-state index contributed by atoms with van der Waals surface area (Å²) < 4.78 is 18.7. The van der Waals surface area contributed by atoms with Gasteiger partial charge in [-0.1, -0.05) is 17.7 Å². The second-order valence-corrected chi connectivity index (χ2v) is 9.61. The SMILES string of the molecule is COc1cc(C(C)NC(=O)N2CCN(c3ncnc4[nH]c(-c5ccc(F)cc5)cc34)C[C@H]2C)ccc1Cl. The number of aromatic amines is 1. The Hall–Kier alpha value is -3.85. The summed E-state index contributed by atoms with van der Waals surface area (Å²) in [4.78, 5) is 29.4. The molecule has 0 radical (unpaired) electrons. The van der Waals surface area contributed by atoms with Gasteiger partial charge in [0.2, 0.25) is 0 Å². The van der Waals surface area contributed by atoms with Crippen LogP contribution in [0.15, 0.2) is 54.9 Å². The summed E-state index contributed by atoms with van der Waals surface area (Å²) >= 11 is 6.14. The minimum Gasteiger partial charge on any atom is -0.495 e. The van der Waals surface area contributed by atoms with Crippen LogP contribution in [0.1, 0.15) is 25.5 Å². The first-order valence-electron chi connectivity index (χ1n) is 12.1. The number of halogens is 2. The van der Waals surface area contributed by atoms with Gasteiger partial charge in [-0.05, 0) is 67.4 Å². The zero-order chi connectivity index (χ0) is 26.1. The number of fused-ring (bicyclic) bond motifs is 1. The van der Waals surface area contributed by atoms with Gasteiger partial charge in [0.05, 0.1) is 23.6 Å². The molecule has 3 heterocycles. The topological polar surface area (TPSA) is 86.4 Å². The molecule has 0 aliphatic carbocycles. The number of ether oxygens (including phenoxy) is 1. The minimum atomic E-state index is -0.279. The molecule has 1 aliphatic rings. The summed E-state index contributed by atoms with van der Waals surface area (Å²) in [5.41, 5.74) is 3.33. The van der Waals surface area contributed by atoms with Gasteiger partial charge in [0.15, 0.2) is 0 Å². The summed E-state index contributed by atoms with van der Waals surface area (Å²) in [6.45, 7) is 5.76. The first-order valence-corrected chi connectivity index (χ1v) is 12.5. The standard InChI is InChI=1S/C27H28ClFN6O2/c1-16-14-34(10-11-35(16)27(36)32-17(2)19-6-9-22(28)24(12-19)37-3)26-21-13-23(33-25(21)30-15-31-26)18-4-7-20(29)8-5-18/h4-9,12-13,15-17H,10-11,14H2,1-3H3,(H,32,36)(H,30,31,33)/t16-,17?/m1/s1. The molecule has 5 rings (SSSR count). The Morgan fingerprint density at radius 3 is 2.70 bits per heavy atom. The van der Waals surface area contributed by atoms with Crippen LogP contribution in [0.4, 0.5) is 15.0 Å². The number of methoxy groups -OCH3 is 1. The second-order valence-electron chi connectivity index (χ2n) is 9.20. The summed E-state index contributed by atoms with van der Waals surface area (Å²) in [5, 5.41) is 4.50. The number of urea groups is 1. The molecule has 2 aromatic carbocycles. The van der Waals surface area contributed by atoms with Crippen molar-refractivity contribution >= 4 is 34.5 Å². The van der Waals surface area contributed by atoms with Gasteiger partial charge in [0, 0.05) is 31.4 Å². The van der Waals surface area contributed by atoms with E-state index in [1.54, 1.807) is 25.3 Å². The second kappa shape index (κ2) is 10.3. The van der Waals surface area contributed by atoms with Crippen LogP contribution >= 0.6 is 11.6 Å². The number of aromatic nitrogens is 3. The third kappa shape index (κ3) is 5.04. The van der Waals surface area contributed by atoms with Crippen molar-refractivity contribution in [3.8, 4) is 17.0 Å². The molecule has 1 saturated heterocycles. The molecule has 1 fully saturated rings. The van der Waals surface area contributed by atoms with Gasteiger partial charge < -0.3 is 24.8 Å². The number of H-pyrrole nitrogens is 1. The van der Waals surface area contributed by atoms with Crippen molar-refractivity contribution in [2.45, 2.75) is 25.9 Å². The fourth-order valence-corrected chi connectivity index (χ4v) is 4.91. The van der Waals surface area contributed by atoms with Crippen LogP contribution in [-0.2, 0) is 0 Å². The molecule has 37 heavy (non-hydrogen) atoms. The third-order valence-electron chi connectivity index (χ3n) is 6.76. The highest BCUT2D eigenvalue weighted by Crippen LogP contribution is 2.31. The number of amides is 2. The van der Waals surface area contributed by atoms with Crippen LogP contribution in [0.5, 0.6) is 5.75 Å². The fourth-order valence-electron chi connectivity index (χ4n) is 4.71. The zero-order valence-corrected chi connectivity index (χ0v) is 21.6. The molecule has 1 aliphatic heterocycles. The summed E-state index contributed by atoms with van der Waals surface area (Å²) in [6, 6.07) is 13.4. The quantitative estimate of drug-likeness (QED) is 0.366. The maximum absolute atomic E-state index is 13.4. The molecule has 2 amide bonds. The zero-order valence-electron chi connectivity index (χ0n) is 20.8. The Labute approximate surface area is 219 Å². The van der Waals surface area contributed by atoms with Gasteiger partial charge >= 0.3 is 6.03 Å². The number of nitrogens with zero attached hydrogens (tertiary/aromatic N) is 4. The number of carbonyl (C=O) groups is 1. The fraction of sp³-hybridized carbons (Fsp3) is 0.296. The van der Waals surface area contributed by atoms with Crippen molar-refractivity contribution < 1.29 is 13.9 Å². The minimum absolute atomic E-state index is 0.0405. The number of benzene rings is 2. The van der Waals surface area contributed by atoms with E-state index in [0.717, 1.165) is 28.0 Å². The van der Waals surface area contributed by atoms with Crippen molar-refractivity contribution in [2.24, 2.45) is 0 Å². The first-order chi connectivity index (χ1) is 17.8. The third-order valence-corrected chi connectivity index (χ3v) is 7.08. The number of hydrogen-bond donors (Lipinski definition) is 2. The van der Waals surface area contributed by atoms with E-state index in [0.29, 0.717) is 36.1 Å². The Balaban J connectivity index is 1.29. The van der Waals surface area contributed by atoms with Crippen molar-refractivity contribution in [2.75, 3.05) is 31.6 Å². The van der Waals surface area contributed by atoms with Gasteiger partial charge in [0.25, 0.3) is 0 Å². The lowest BCUT2D eigenvalue weighted by molar-refractivity contribution is 0.168. The van der Waals surface area contributed by atoms with Crippen molar-refractivity contribution in [3.05, 3.63) is 71.3 Å². The van der Waals surface area contributed by atoms with Crippen molar-refractivity contribution in [3.63, 3.8) is 0 Å². The average molecular weight is 523 g/mol. The Kier molecular flexibility index (Phi) is 6.88. The molecule has 0 saturated carbocycles. The van der Waals surface area contributed by atoms with Crippen LogP contribution in [0.3, 0.4) is 0 Å². The molecule has 8 nitrogen and oxygen atoms in total. The summed E-state index contributed by atoms with van der Waals surface area (Å²) in [5.74, 6) is 1.10. The van der Waals surface area contributed by atoms with Gasteiger partial charge in [-0.2, -0.15) is 0 Å². The van der Waals surface area contributed by atoms with Crippen LogP contribution in [-0.4, -0.2) is 58.7 Å². The van der Waals surface area contributed by atoms with Gasteiger partial charge in [-0.25, -0.2) is 19.2 Å². The highest BCUT2D eigenvalue weighted by molar-refractivity contribution is 6.32.